The first kappa shape index (κ1) is 20.4. The Kier molecular flexibility index (Phi) is 7.79. The summed E-state index contributed by atoms with van der Waals surface area (Å²) in [5, 5.41) is 9.31. The number of nitrogens with zero attached hydrogens (tertiary/aromatic N) is 1. The van der Waals surface area contributed by atoms with Crippen molar-refractivity contribution in [1.82, 2.24) is 10.6 Å². The number of amides is 1. The summed E-state index contributed by atoms with van der Waals surface area (Å²) in [5.74, 6) is 0.464. The van der Waals surface area contributed by atoms with E-state index >= 15 is 0 Å². The van der Waals surface area contributed by atoms with E-state index in [4.69, 9.17) is 0 Å². The number of aliphatic imine (C=N–C) groups is 1. The van der Waals surface area contributed by atoms with Crippen molar-refractivity contribution in [2.75, 3.05) is 25.5 Å². The van der Waals surface area contributed by atoms with Crippen LogP contribution in [-0.4, -0.2) is 32.0 Å². The van der Waals surface area contributed by atoms with Crippen molar-refractivity contribution in [1.29, 1.82) is 0 Å². The Bertz CT molecular complexity index is 787. The maximum absolute atomic E-state index is 13.1. The molecule has 0 aliphatic heterocycles. The highest BCUT2D eigenvalue weighted by Gasteiger charge is 2.02. The first-order chi connectivity index (χ1) is 13.0. The van der Waals surface area contributed by atoms with Crippen LogP contribution in [0.1, 0.15) is 23.6 Å². The molecule has 0 atom stereocenters. The Morgan fingerprint density at radius 3 is 2.30 bits per heavy atom. The van der Waals surface area contributed by atoms with Crippen LogP contribution in [0.5, 0.6) is 0 Å². The monoisotopic (exact) mass is 370 g/mol. The van der Waals surface area contributed by atoms with Gasteiger partial charge in [-0.3, -0.25) is 9.79 Å². The van der Waals surface area contributed by atoms with E-state index in [2.05, 4.69) is 20.9 Å². The zero-order chi connectivity index (χ0) is 19.6. The quantitative estimate of drug-likeness (QED) is 0.518. The van der Waals surface area contributed by atoms with E-state index in [9.17, 15) is 9.18 Å². The van der Waals surface area contributed by atoms with Crippen LogP contribution in [0.15, 0.2) is 47.5 Å². The number of carbonyl (C=O) groups excluding carboxylic acids is 1. The van der Waals surface area contributed by atoms with Crippen LogP contribution in [0.25, 0.3) is 0 Å². The summed E-state index contributed by atoms with van der Waals surface area (Å²) in [6.07, 6.45) is 1.65. The molecular formula is C21H27FN4O. The standard InChI is InChI=1S/C21H27FN4O/c1-15-14-19(22)7-6-18(15)11-13-25-21(23-3)24-12-10-17-4-8-20(9-5-17)26-16(2)27/h4-9,14H,10-13H2,1-3H3,(H,26,27)(H2,23,24,25). The van der Waals surface area contributed by atoms with E-state index in [-0.39, 0.29) is 11.7 Å². The maximum atomic E-state index is 13.1. The molecule has 0 aliphatic carbocycles. The van der Waals surface area contributed by atoms with Gasteiger partial charge < -0.3 is 16.0 Å². The van der Waals surface area contributed by atoms with Gasteiger partial charge in [-0.25, -0.2) is 4.39 Å². The highest BCUT2D eigenvalue weighted by atomic mass is 19.1. The second-order valence-corrected chi connectivity index (χ2v) is 6.37. The molecule has 2 aromatic carbocycles. The molecule has 27 heavy (non-hydrogen) atoms. The summed E-state index contributed by atoms with van der Waals surface area (Å²) in [5.41, 5.74) is 4.06. The third kappa shape index (κ3) is 7.09. The van der Waals surface area contributed by atoms with Crippen molar-refractivity contribution in [2.24, 2.45) is 4.99 Å². The van der Waals surface area contributed by atoms with Gasteiger partial charge in [0.05, 0.1) is 0 Å². The largest absolute Gasteiger partial charge is 0.356 e. The normalized spacial score (nSPS) is 11.2. The van der Waals surface area contributed by atoms with Gasteiger partial charge in [-0.1, -0.05) is 18.2 Å². The molecular weight excluding hydrogens is 343 g/mol. The minimum absolute atomic E-state index is 0.0740. The zero-order valence-electron chi connectivity index (χ0n) is 16.1. The van der Waals surface area contributed by atoms with Gasteiger partial charge >= 0.3 is 0 Å². The number of nitrogens with one attached hydrogen (secondary N) is 3. The first-order valence-electron chi connectivity index (χ1n) is 9.04. The Morgan fingerprint density at radius 2 is 1.70 bits per heavy atom. The lowest BCUT2D eigenvalue weighted by atomic mass is 10.1. The molecule has 0 aliphatic rings. The van der Waals surface area contributed by atoms with Crippen molar-refractivity contribution in [3.63, 3.8) is 0 Å². The van der Waals surface area contributed by atoms with E-state index in [0.29, 0.717) is 0 Å². The summed E-state index contributed by atoms with van der Waals surface area (Å²) in [6, 6.07) is 12.7. The van der Waals surface area contributed by atoms with Gasteiger partial charge in [0.25, 0.3) is 0 Å². The Labute approximate surface area is 160 Å². The van der Waals surface area contributed by atoms with Crippen molar-refractivity contribution >= 4 is 17.6 Å². The summed E-state index contributed by atoms with van der Waals surface area (Å²) in [7, 11) is 1.74. The van der Waals surface area contributed by atoms with Crippen LogP contribution in [0.4, 0.5) is 10.1 Å². The SMILES string of the molecule is CN=C(NCCc1ccc(NC(C)=O)cc1)NCCc1ccc(F)cc1C. The summed E-state index contributed by atoms with van der Waals surface area (Å²) in [4.78, 5) is 15.3. The van der Waals surface area contributed by atoms with Crippen molar-refractivity contribution in [3.05, 3.63) is 65.0 Å². The molecule has 144 valence electrons. The topological polar surface area (TPSA) is 65.5 Å². The maximum Gasteiger partial charge on any atom is 0.221 e. The lowest BCUT2D eigenvalue weighted by molar-refractivity contribution is -0.114. The number of carbonyl (C=O) groups is 1. The van der Waals surface area contributed by atoms with Gasteiger partial charge in [0, 0.05) is 32.7 Å². The number of anilines is 1. The highest BCUT2D eigenvalue weighted by Crippen LogP contribution is 2.11. The molecule has 0 aromatic heterocycles. The van der Waals surface area contributed by atoms with E-state index in [1.54, 1.807) is 13.1 Å². The van der Waals surface area contributed by atoms with Crippen molar-refractivity contribution in [3.8, 4) is 0 Å². The fraction of sp³-hybridized carbons (Fsp3) is 0.333. The first-order valence-corrected chi connectivity index (χ1v) is 9.04. The van der Waals surface area contributed by atoms with Crippen LogP contribution < -0.4 is 16.0 Å². The molecule has 1 amide bonds. The lowest BCUT2D eigenvalue weighted by Gasteiger charge is -2.13. The molecule has 5 nitrogen and oxygen atoms in total. The molecule has 0 unspecified atom stereocenters. The number of rotatable bonds is 7. The van der Waals surface area contributed by atoms with Gasteiger partial charge in [0.2, 0.25) is 5.91 Å². The molecule has 0 radical (unpaired) electrons. The van der Waals surface area contributed by atoms with Crippen molar-refractivity contribution < 1.29 is 9.18 Å². The number of hydrogen-bond donors (Lipinski definition) is 3. The zero-order valence-corrected chi connectivity index (χ0v) is 16.1. The summed E-state index contributed by atoms with van der Waals surface area (Å²) < 4.78 is 13.1. The molecule has 3 N–H and O–H groups in total. The second-order valence-electron chi connectivity index (χ2n) is 6.37. The van der Waals surface area contributed by atoms with Crippen LogP contribution in [0, 0.1) is 12.7 Å². The molecule has 2 rings (SSSR count). The number of halogens is 1. The Morgan fingerprint density at radius 1 is 1.04 bits per heavy atom. The van der Waals surface area contributed by atoms with Gasteiger partial charge in [-0.15, -0.1) is 0 Å². The Hall–Kier alpha value is -2.89. The fourth-order valence-electron chi connectivity index (χ4n) is 2.76. The predicted octanol–water partition coefficient (Wildman–Crippen LogP) is 3.04. The highest BCUT2D eigenvalue weighted by molar-refractivity contribution is 5.88. The minimum Gasteiger partial charge on any atom is -0.356 e. The third-order valence-corrected chi connectivity index (χ3v) is 4.20. The molecule has 0 fully saturated rings. The average Bonchev–Trinajstić information content (AvgIpc) is 2.63. The summed E-state index contributed by atoms with van der Waals surface area (Å²) in [6.45, 7) is 4.88. The van der Waals surface area contributed by atoms with Crippen LogP contribution in [0.2, 0.25) is 0 Å². The number of benzene rings is 2. The van der Waals surface area contributed by atoms with E-state index < -0.39 is 0 Å². The van der Waals surface area contributed by atoms with Crippen LogP contribution in [0.3, 0.4) is 0 Å². The second kappa shape index (κ2) is 10.3. The Balaban J connectivity index is 1.73. The van der Waals surface area contributed by atoms with Gasteiger partial charge in [0.1, 0.15) is 5.82 Å². The summed E-state index contributed by atoms with van der Waals surface area (Å²) >= 11 is 0. The minimum atomic E-state index is -0.202. The molecule has 0 spiro atoms. The van der Waals surface area contributed by atoms with Crippen molar-refractivity contribution in [2.45, 2.75) is 26.7 Å². The fourth-order valence-corrected chi connectivity index (χ4v) is 2.76. The number of hydrogen-bond acceptors (Lipinski definition) is 2. The van der Waals surface area contributed by atoms with Gasteiger partial charge in [-0.05, 0) is 60.7 Å². The van der Waals surface area contributed by atoms with E-state index in [1.807, 2.05) is 37.3 Å². The van der Waals surface area contributed by atoms with E-state index in [0.717, 1.165) is 48.7 Å². The van der Waals surface area contributed by atoms with Crippen LogP contribution >= 0.6 is 0 Å². The van der Waals surface area contributed by atoms with Gasteiger partial charge in [0.15, 0.2) is 5.96 Å². The molecule has 0 saturated carbocycles. The smallest absolute Gasteiger partial charge is 0.221 e. The number of aryl methyl sites for hydroxylation is 1. The average molecular weight is 370 g/mol. The number of guanidine groups is 1. The molecule has 6 heteroatoms. The van der Waals surface area contributed by atoms with Crippen LogP contribution in [-0.2, 0) is 17.6 Å². The molecule has 0 heterocycles. The predicted molar refractivity (Wildman–Crippen MR) is 109 cm³/mol. The molecule has 0 bridgehead atoms. The molecule has 0 saturated heterocycles. The lowest BCUT2D eigenvalue weighted by Crippen LogP contribution is -2.39. The van der Waals surface area contributed by atoms with Gasteiger partial charge in [-0.2, -0.15) is 0 Å². The molecule has 2 aromatic rings. The van der Waals surface area contributed by atoms with E-state index in [1.165, 1.54) is 18.6 Å². The third-order valence-electron chi connectivity index (χ3n) is 4.20.